The fraction of sp³-hybridized carbons (Fsp3) is 0.174. The first-order valence-corrected chi connectivity index (χ1v) is 8.89. The van der Waals surface area contributed by atoms with Crippen molar-refractivity contribution in [3.05, 3.63) is 106 Å². The van der Waals surface area contributed by atoms with Gasteiger partial charge in [0, 0.05) is 12.1 Å². The molecule has 5 nitrogen and oxygen atoms in total. The van der Waals surface area contributed by atoms with Gasteiger partial charge >= 0.3 is 0 Å². The number of methoxy groups -OCH3 is 1. The van der Waals surface area contributed by atoms with E-state index in [0.717, 1.165) is 22.4 Å². The number of ether oxygens (including phenoxy) is 1. The molecule has 0 bridgehead atoms. The van der Waals surface area contributed by atoms with E-state index < -0.39 is 10.3 Å². The van der Waals surface area contributed by atoms with Crippen LogP contribution in [0.1, 0.15) is 16.7 Å². The number of non-ortho nitro benzene ring substituents is 1. The molecule has 0 aromatic heterocycles. The van der Waals surface area contributed by atoms with Crippen molar-refractivity contribution in [2.24, 2.45) is 0 Å². The van der Waals surface area contributed by atoms with Crippen LogP contribution in [-0.2, 0) is 18.3 Å². The number of nitriles is 1. The van der Waals surface area contributed by atoms with Gasteiger partial charge in [0.05, 0.1) is 23.5 Å². The van der Waals surface area contributed by atoms with Crippen molar-refractivity contribution < 1.29 is 9.66 Å². The van der Waals surface area contributed by atoms with Gasteiger partial charge in [0.15, 0.2) is 0 Å². The van der Waals surface area contributed by atoms with Crippen molar-refractivity contribution in [1.29, 1.82) is 5.26 Å². The Balaban J connectivity index is 2.02. The minimum atomic E-state index is -0.842. The Hall–Kier alpha value is -3.65. The minimum Gasteiger partial charge on any atom is -0.497 e. The Labute approximate surface area is 164 Å². The summed E-state index contributed by atoms with van der Waals surface area (Å²) in [4.78, 5) is 10.6. The number of nitro groups is 1. The van der Waals surface area contributed by atoms with Crippen molar-refractivity contribution in [3.63, 3.8) is 0 Å². The first kappa shape index (κ1) is 19.1. The average Bonchev–Trinajstić information content (AvgIpc) is 2.74. The summed E-state index contributed by atoms with van der Waals surface area (Å²) in [5.41, 5.74) is 1.97. The summed E-state index contributed by atoms with van der Waals surface area (Å²) in [6.07, 6.45) is 0.994. The number of hydrogen-bond acceptors (Lipinski definition) is 4. The highest BCUT2D eigenvalue weighted by Gasteiger charge is 2.33. The highest BCUT2D eigenvalue weighted by molar-refractivity contribution is 5.43. The zero-order chi connectivity index (χ0) is 20.0. The summed E-state index contributed by atoms with van der Waals surface area (Å²) >= 11 is 0. The maximum absolute atomic E-state index is 11.0. The van der Waals surface area contributed by atoms with Crippen LogP contribution in [-0.4, -0.2) is 12.0 Å². The first-order chi connectivity index (χ1) is 13.6. The molecule has 1 unspecified atom stereocenters. The molecule has 0 saturated heterocycles. The second kappa shape index (κ2) is 8.36. The molecule has 1 atom stereocenters. The SMILES string of the molecule is COc1ccc(CC(C#N)(Cc2ccccc2)c2ccc([N+](=O)[O-])cc2)cc1. The topological polar surface area (TPSA) is 76.2 Å². The van der Waals surface area contributed by atoms with Crippen molar-refractivity contribution in [3.8, 4) is 11.8 Å². The molecule has 0 heterocycles. The lowest BCUT2D eigenvalue weighted by Gasteiger charge is -2.28. The van der Waals surface area contributed by atoms with Crippen LogP contribution in [0.3, 0.4) is 0 Å². The molecule has 3 aromatic carbocycles. The minimum absolute atomic E-state index is 0.0137. The molecule has 0 amide bonds. The molecule has 0 spiro atoms. The second-order valence-corrected chi connectivity index (χ2v) is 6.69. The molecule has 140 valence electrons. The maximum atomic E-state index is 11.0. The van der Waals surface area contributed by atoms with E-state index in [1.807, 2.05) is 54.6 Å². The smallest absolute Gasteiger partial charge is 0.269 e. The van der Waals surface area contributed by atoms with Crippen LogP contribution in [0.15, 0.2) is 78.9 Å². The van der Waals surface area contributed by atoms with Crippen molar-refractivity contribution in [2.45, 2.75) is 18.3 Å². The Morgan fingerprint density at radius 3 is 2.00 bits per heavy atom. The van der Waals surface area contributed by atoms with Gasteiger partial charge < -0.3 is 4.74 Å². The predicted molar refractivity (Wildman–Crippen MR) is 107 cm³/mol. The lowest BCUT2D eigenvalue weighted by Crippen LogP contribution is -2.30. The number of nitrogens with zero attached hydrogens (tertiary/aromatic N) is 2. The Bertz CT molecular complexity index is 977. The molecular weight excluding hydrogens is 352 g/mol. The maximum Gasteiger partial charge on any atom is 0.269 e. The van der Waals surface area contributed by atoms with Crippen molar-refractivity contribution >= 4 is 5.69 Å². The van der Waals surface area contributed by atoms with E-state index in [9.17, 15) is 15.4 Å². The van der Waals surface area contributed by atoms with E-state index in [0.29, 0.717) is 12.8 Å². The molecule has 0 aliphatic carbocycles. The molecule has 0 radical (unpaired) electrons. The van der Waals surface area contributed by atoms with Crippen LogP contribution in [0.5, 0.6) is 5.75 Å². The van der Waals surface area contributed by atoms with E-state index in [-0.39, 0.29) is 5.69 Å². The Morgan fingerprint density at radius 1 is 0.929 bits per heavy atom. The second-order valence-electron chi connectivity index (χ2n) is 6.69. The molecule has 3 aromatic rings. The summed E-state index contributed by atoms with van der Waals surface area (Å²) in [7, 11) is 1.61. The summed E-state index contributed by atoms with van der Waals surface area (Å²) < 4.78 is 5.21. The van der Waals surface area contributed by atoms with Gasteiger partial charge in [-0.05, 0) is 41.7 Å². The van der Waals surface area contributed by atoms with E-state index in [1.54, 1.807) is 19.2 Å². The van der Waals surface area contributed by atoms with Crippen LogP contribution in [0.2, 0.25) is 0 Å². The summed E-state index contributed by atoms with van der Waals surface area (Å²) in [6.45, 7) is 0. The molecule has 0 aliphatic rings. The molecular formula is C23H20N2O3. The van der Waals surface area contributed by atoms with Gasteiger partial charge in [-0.1, -0.05) is 54.6 Å². The lowest BCUT2D eigenvalue weighted by atomic mass is 9.72. The van der Waals surface area contributed by atoms with E-state index >= 15 is 0 Å². The third-order valence-electron chi connectivity index (χ3n) is 4.86. The van der Waals surface area contributed by atoms with Crippen molar-refractivity contribution in [2.75, 3.05) is 7.11 Å². The lowest BCUT2D eigenvalue weighted by molar-refractivity contribution is -0.384. The molecule has 5 heteroatoms. The highest BCUT2D eigenvalue weighted by atomic mass is 16.6. The highest BCUT2D eigenvalue weighted by Crippen LogP contribution is 2.33. The zero-order valence-electron chi connectivity index (χ0n) is 15.5. The number of rotatable bonds is 7. The van der Waals surface area contributed by atoms with Gasteiger partial charge in [0.25, 0.3) is 5.69 Å². The van der Waals surface area contributed by atoms with E-state index in [1.165, 1.54) is 12.1 Å². The molecule has 0 N–H and O–H groups in total. The standard InChI is InChI=1S/C23H20N2O3/c1-28-22-13-7-19(8-14-22)16-23(17-24,15-18-5-3-2-4-6-18)20-9-11-21(12-10-20)25(26)27/h2-14H,15-16H2,1H3. The summed E-state index contributed by atoms with van der Waals surface area (Å²) in [6, 6.07) is 26.2. The van der Waals surface area contributed by atoms with Gasteiger partial charge in [-0.15, -0.1) is 0 Å². The Morgan fingerprint density at radius 2 is 1.50 bits per heavy atom. The fourth-order valence-corrected chi connectivity index (χ4v) is 3.35. The quantitative estimate of drug-likeness (QED) is 0.439. The molecule has 0 aliphatic heterocycles. The average molecular weight is 372 g/mol. The van der Waals surface area contributed by atoms with Gasteiger partial charge in [-0.3, -0.25) is 10.1 Å². The predicted octanol–water partition coefficient (Wildman–Crippen LogP) is 4.85. The van der Waals surface area contributed by atoms with Gasteiger partial charge in [0.1, 0.15) is 5.75 Å². The monoisotopic (exact) mass is 372 g/mol. The third kappa shape index (κ3) is 4.18. The fourth-order valence-electron chi connectivity index (χ4n) is 3.35. The number of benzene rings is 3. The third-order valence-corrected chi connectivity index (χ3v) is 4.86. The zero-order valence-corrected chi connectivity index (χ0v) is 15.5. The number of nitro benzene ring substituents is 1. The van der Waals surface area contributed by atoms with Gasteiger partial charge in [-0.25, -0.2) is 0 Å². The van der Waals surface area contributed by atoms with E-state index in [4.69, 9.17) is 4.74 Å². The van der Waals surface area contributed by atoms with E-state index in [2.05, 4.69) is 6.07 Å². The van der Waals surface area contributed by atoms with Gasteiger partial charge in [-0.2, -0.15) is 5.26 Å². The molecule has 3 rings (SSSR count). The summed E-state index contributed by atoms with van der Waals surface area (Å²) in [5, 5.41) is 21.2. The number of hydrogen-bond donors (Lipinski definition) is 0. The van der Waals surface area contributed by atoms with Gasteiger partial charge in [0.2, 0.25) is 0 Å². The van der Waals surface area contributed by atoms with Crippen LogP contribution in [0, 0.1) is 21.4 Å². The normalized spacial score (nSPS) is 12.6. The molecule has 0 saturated carbocycles. The molecule has 28 heavy (non-hydrogen) atoms. The van der Waals surface area contributed by atoms with Crippen molar-refractivity contribution in [1.82, 2.24) is 0 Å². The van der Waals surface area contributed by atoms with Crippen LogP contribution >= 0.6 is 0 Å². The molecule has 0 fully saturated rings. The van der Waals surface area contributed by atoms with Crippen LogP contribution in [0.25, 0.3) is 0 Å². The Kier molecular flexibility index (Phi) is 5.71. The summed E-state index contributed by atoms with van der Waals surface area (Å²) in [5.74, 6) is 0.754. The largest absolute Gasteiger partial charge is 0.497 e. The first-order valence-electron chi connectivity index (χ1n) is 8.89. The van der Waals surface area contributed by atoms with Crippen LogP contribution < -0.4 is 4.74 Å². The van der Waals surface area contributed by atoms with Crippen LogP contribution in [0.4, 0.5) is 5.69 Å².